The molecule has 1 fully saturated rings. The van der Waals surface area contributed by atoms with E-state index in [1.807, 2.05) is 0 Å². The topological polar surface area (TPSA) is 135 Å². The maximum atomic E-state index is 15.0. The third kappa shape index (κ3) is 5.73. The van der Waals surface area contributed by atoms with Gasteiger partial charge in [0.2, 0.25) is 5.13 Å². The van der Waals surface area contributed by atoms with Crippen LogP contribution in [-0.4, -0.2) is 44.4 Å². The maximum absolute atomic E-state index is 15.0. The van der Waals surface area contributed by atoms with Gasteiger partial charge in [-0.05, 0) is 61.1 Å². The van der Waals surface area contributed by atoms with Crippen molar-refractivity contribution < 1.29 is 27.4 Å². The molecule has 1 aliphatic rings. The van der Waals surface area contributed by atoms with Crippen LogP contribution in [0.5, 0.6) is 0 Å². The molecule has 10 nitrogen and oxygen atoms in total. The molecule has 0 amide bonds. The summed E-state index contributed by atoms with van der Waals surface area (Å²) in [6, 6.07) is 9.01. The van der Waals surface area contributed by atoms with E-state index in [1.54, 1.807) is 47.0 Å². The number of benzene rings is 2. The van der Waals surface area contributed by atoms with Gasteiger partial charge in [-0.25, -0.2) is 27.5 Å². The molecule has 0 bridgehead atoms. The van der Waals surface area contributed by atoms with Crippen LogP contribution >= 0.6 is 11.3 Å². The van der Waals surface area contributed by atoms with E-state index < -0.39 is 28.9 Å². The third-order valence-electron chi connectivity index (χ3n) is 7.03. The minimum atomic E-state index is -2.43. The van der Waals surface area contributed by atoms with E-state index in [4.69, 9.17) is 9.65 Å². The van der Waals surface area contributed by atoms with Crippen molar-refractivity contribution in [3.05, 3.63) is 88.3 Å². The summed E-state index contributed by atoms with van der Waals surface area (Å²) in [5.74, 6) is -1.86. The Morgan fingerprint density at radius 1 is 1.17 bits per heavy atom. The Kier molecular flexibility index (Phi) is 7.43. The number of anilines is 1. The van der Waals surface area contributed by atoms with Crippen LogP contribution in [0.2, 0.25) is 0 Å². The molecule has 0 spiro atoms. The molecule has 216 valence electrons. The number of aromatic nitrogens is 5. The predicted molar refractivity (Wildman–Crippen MR) is 154 cm³/mol. The highest BCUT2D eigenvalue weighted by atomic mass is 32.2. The summed E-state index contributed by atoms with van der Waals surface area (Å²) in [5.41, 5.74) is 4.02. The standard InChI is InChI=1S/C28H24F2N6O4S2/c1-35-13-18(12-31-35)19-11-17(5-6-21(19)29)26-20(8-16-4-7-23(22(30)9-16)34-42(39)40)25(10-15-2-3-15)36(33-26)28-32-24(14-41-28)27(37)38/h4-7,9,11-15,34H,2-3,8,10H2,1H3,(H,37,38)(H,39,40). The van der Waals surface area contributed by atoms with Gasteiger partial charge in [-0.1, -0.05) is 6.07 Å². The highest BCUT2D eigenvalue weighted by Gasteiger charge is 2.29. The molecule has 0 saturated heterocycles. The molecule has 1 unspecified atom stereocenters. The summed E-state index contributed by atoms with van der Waals surface area (Å²) in [5, 5.41) is 20.3. The molecule has 1 aliphatic carbocycles. The zero-order valence-corrected chi connectivity index (χ0v) is 23.8. The third-order valence-corrected chi connectivity index (χ3v) is 8.24. The molecule has 0 radical (unpaired) electrons. The molecule has 42 heavy (non-hydrogen) atoms. The summed E-state index contributed by atoms with van der Waals surface area (Å²) in [7, 11) is 1.74. The van der Waals surface area contributed by atoms with Gasteiger partial charge in [0.05, 0.1) is 23.3 Å². The van der Waals surface area contributed by atoms with Crippen LogP contribution in [0.3, 0.4) is 0 Å². The number of nitrogens with one attached hydrogen (secondary N) is 1. The van der Waals surface area contributed by atoms with Gasteiger partial charge in [-0.3, -0.25) is 14.0 Å². The van der Waals surface area contributed by atoms with Crippen LogP contribution in [0.15, 0.2) is 54.2 Å². The SMILES string of the molecule is Cn1cc(-c2cc(-c3nn(-c4nc(C(=O)O)cs4)c(CC4CC4)c3Cc3ccc(NS(=O)O)c(F)c3)ccc2F)cn1. The van der Waals surface area contributed by atoms with E-state index in [9.17, 15) is 22.9 Å². The highest BCUT2D eigenvalue weighted by Crippen LogP contribution is 2.39. The van der Waals surface area contributed by atoms with E-state index >= 15 is 0 Å². The Morgan fingerprint density at radius 3 is 2.62 bits per heavy atom. The van der Waals surface area contributed by atoms with Gasteiger partial charge in [0, 0.05) is 47.3 Å². The number of carboxylic acid groups (broad SMARTS) is 1. The molecule has 14 heteroatoms. The van der Waals surface area contributed by atoms with Crippen LogP contribution in [0.4, 0.5) is 14.5 Å². The zero-order valence-electron chi connectivity index (χ0n) is 22.1. The second kappa shape index (κ2) is 11.2. The van der Waals surface area contributed by atoms with Crippen molar-refractivity contribution in [2.24, 2.45) is 13.0 Å². The van der Waals surface area contributed by atoms with Gasteiger partial charge in [-0.2, -0.15) is 10.2 Å². The van der Waals surface area contributed by atoms with Gasteiger partial charge in [0.1, 0.15) is 11.6 Å². The van der Waals surface area contributed by atoms with E-state index in [1.165, 1.54) is 23.6 Å². The Hall–Kier alpha value is -4.27. The Bertz CT molecular complexity index is 1850. The lowest BCUT2D eigenvalue weighted by atomic mass is 9.95. The van der Waals surface area contributed by atoms with Crippen molar-refractivity contribution in [1.82, 2.24) is 24.5 Å². The van der Waals surface area contributed by atoms with Crippen molar-refractivity contribution in [2.45, 2.75) is 25.7 Å². The molecular formula is C28H24F2N6O4S2. The number of aromatic carboxylic acids is 1. The number of hydrogen-bond donors (Lipinski definition) is 3. The normalized spacial score (nSPS) is 13.8. The number of thiazole rings is 1. The summed E-state index contributed by atoms with van der Waals surface area (Å²) in [4.78, 5) is 15.9. The lowest BCUT2D eigenvalue weighted by molar-refractivity contribution is 0.0691. The first-order valence-electron chi connectivity index (χ1n) is 12.9. The average molecular weight is 611 g/mol. The summed E-state index contributed by atoms with van der Waals surface area (Å²) in [6.07, 6.45) is 6.24. The van der Waals surface area contributed by atoms with Gasteiger partial charge >= 0.3 is 5.97 Å². The van der Waals surface area contributed by atoms with Crippen LogP contribution < -0.4 is 4.72 Å². The van der Waals surface area contributed by atoms with Crippen LogP contribution in [0, 0.1) is 17.6 Å². The number of halogens is 2. The molecule has 3 N–H and O–H groups in total. The van der Waals surface area contributed by atoms with E-state index in [2.05, 4.69) is 14.8 Å². The van der Waals surface area contributed by atoms with E-state index in [0.29, 0.717) is 45.4 Å². The molecule has 2 aromatic carbocycles. The number of hydrogen-bond acceptors (Lipinski definition) is 6. The number of carbonyl (C=O) groups is 1. The van der Waals surface area contributed by atoms with Crippen LogP contribution in [-0.2, 0) is 31.2 Å². The number of aryl methyl sites for hydroxylation is 1. The van der Waals surface area contributed by atoms with Crippen molar-refractivity contribution in [1.29, 1.82) is 0 Å². The smallest absolute Gasteiger partial charge is 0.355 e. The van der Waals surface area contributed by atoms with Gasteiger partial charge < -0.3 is 5.11 Å². The first-order chi connectivity index (χ1) is 20.2. The Labute approximate surface area is 245 Å². The fourth-order valence-electron chi connectivity index (χ4n) is 4.83. The predicted octanol–water partition coefficient (Wildman–Crippen LogP) is 5.46. The molecular weight excluding hydrogens is 586 g/mol. The monoisotopic (exact) mass is 610 g/mol. The summed E-state index contributed by atoms with van der Waals surface area (Å²) in [6.45, 7) is 0. The number of nitrogens with zero attached hydrogens (tertiary/aromatic N) is 5. The first-order valence-corrected chi connectivity index (χ1v) is 14.9. The molecule has 3 aromatic heterocycles. The van der Waals surface area contributed by atoms with Crippen molar-refractivity contribution in [2.75, 3.05) is 4.72 Å². The second-order valence-electron chi connectivity index (χ2n) is 10.1. The summed E-state index contributed by atoms with van der Waals surface area (Å²) >= 11 is -1.28. The quantitative estimate of drug-likeness (QED) is 0.179. The largest absolute Gasteiger partial charge is 0.476 e. The van der Waals surface area contributed by atoms with Crippen molar-refractivity contribution >= 4 is 34.3 Å². The van der Waals surface area contributed by atoms with Crippen molar-refractivity contribution in [3.63, 3.8) is 0 Å². The minimum Gasteiger partial charge on any atom is -0.476 e. The highest BCUT2D eigenvalue weighted by molar-refractivity contribution is 7.80. The zero-order chi connectivity index (χ0) is 29.5. The van der Waals surface area contributed by atoms with Crippen molar-refractivity contribution in [3.8, 4) is 27.5 Å². The van der Waals surface area contributed by atoms with E-state index in [0.717, 1.165) is 35.4 Å². The Balaban J connectivity index is 1.52. The van der Waals surface area contributed by atoms with Crippen LogP contribution in [0.25, 0.3) is 27.5 Å². The fraction of sp³-hybridized carbons (Fsp3) is 0.214. The molecule has 1 saturated carbocycles. The molecule has 6 rings (SSSR count). The summed E-state index contributed by atoms with van der Waals surface area (Å²) < 4.78 is 55.5. The minimum absolute atomic E-state index is 0.0990. The molecule has 3 heterocycles. The fourth-order valence-corrected chi connectivity index (χ4v) is 5.96. The average Bonchev–Trinajstić information content (AvgIpc) is 3.29. The van der Waals surface area contributed by atoms with E-state index in [-0.39, 0.29) is 17.8 Å². The Morgan fingerprint density at radius 2 is 1.98 bits per heavy atom. The number of carboxylic acids is 1. The van der Waals surface area contributed by atoms with Gasteiger partial charge in [0.15, 0.2) is 5.69 Å². The maximum Gasteiger partial charge on any atom is 0.355 e. The number of rotatable bonds is 10. The molecule has 5 aromatic rings. The lowest BCUT2D eigenvalue weighted by Crippen LogP contribution is -2.07. The molecule has 1 atom stereocenters. The first kappa shape index (κ1) is 27.9. The lowest BCUT2D eigenvalue weighted by Gasteiger charge is -2.11. The second-order valence-corrected chi connectivity index (χ2v) is 11.6. The van der Waals surface area contributed by atoms with Crippen LogP contribution in [0.1, 0.15) is 40.2 Å². The molecule has 0 aliphatic heterocycles. The van der Waals surface area contributed by atoms with Gasteiger partial charge in [-0.15, -0.1) is 11.3 Å². The van der Waals surface area contributed by atoms with Gasteiger partial charge in [0.25, 0.3) is 11.3 Å².